The molecule has 1 aliphatic carbocycles. The van der Waals surface area contributed by atoms with Crippen molar-refractivity contribution in [3.63, 3.8) is 0 Å². The number of hydrogen-bond donors (Lipinski definition) is 1. The normalized spacial score (nSPS) is 16.8. The quantitative estimate of drug-likeness (QED) is 0.782. The lowest BCUT2D eigenvalue weighted by atomic mass is 9.92. The second kappa shape index (κ2) is 6.67. The molecule has 0 radical (unpaired) electrons. The molecule has 1 aromatic carbocycles. The standard InChI is InChI=1S/C17H18F2N4O/c1-2-7-22(14-4-5-14)9-17(24,10-23-12-20-11-21-23)15-6-3-13(18)8-16(15)19/h1,3,6,8,11-12,14,24H,4-5,7,9-10H2. The van der Waals surface area contributed by atoms with Gasteiger partial charge in [-0.1, -0.05) is 12.0 Å². The van der Waals surface area contributed by atoms with Crippen LogP contribution in [0.5, 0.6) is 0 Å². The minimum atomic E-state index is -1.61. The van der Waals surface area contributed by atoms with Crippen LogP contribution in [0.1, 0.15) is 18.4 Å². The topological polar surface area (TPSA) is 54.2 Å². The van der Waals surface area contributed by atoms with Crippen molar-refractivity contribution in [1.29, 1.82) is 0 Å². The van der Waals surface area contributed by atoms with Gasteiger partial charge in [0.2, 0.25) is 0 Å². The lowest BCUT2D eigenvalue weighted by molar-refractivity contribution is -0.0206. The van der Waals surface area contributed by atoms with Crippen LogP contribution in [0.25, 0.3) is 0 Å². The van der Waals surface area contributed by atoms with Crippen molar-refractivity contribution in [2.24, 2.45) is 0 Å². The molecule has 0 aliphatic heterocycles. The van der Waals surface area contributed by atoms with Crippen molar-refractivity contribution in [3.8, 4) is 12.3 Å². The fraction of sp³-hybridized carbons (Fsp3) is 0.412. The fourth-order valence-corrected chi connectivity index (χ4v) is 2.88. The zero-order valence-corrected chi connectivity index (χ0v) is 13.1. The molecular formula is C17H18F2N4O. The van der Waals surface area contributed by atoms with Crippen LogP contribution >= 0.6 is 0 Å². The molecule has 0 bridgehead atoms. The van der Waals surface area contributed by atoms with Crippen LogP contribution in [0.2, 0.25) is 0 Å². The molecule has 1 atom stereocenters. The minimum absolute atomic E-state index is 0.0106. The first-order valence-corrected chi connectivity index (χ1v) is 7.70. The van der Waals surface area contributed by atoms with E-state index in [-0.39, 0.29) is 24.7 Å². The Kier molecular flexibility index (Phi) is 4.60. The summed E-state index contributed by atoms with van der Waals surface area (Å²) >= 11 is 0. The SMILES string of the molecule is C#CCN(CC(O)(Cn1cncn1)c1ccc(F)cc1F)C1CC1. The smallest absolute Gasteiger partial charge is 0.137 e. The Bertz CT molecular complexity index is 740. The van der Waals surface area contributed by atoms with Crippen molar-refractivity contribution < 1.29 is 13.9 Å². The van der Waals surface area contributed by atoms with Gasteiger partial charge in [-0.15, -0.1) is 6.42 Å². The van der Waals surface area contributed by atoms with Crippen LogP contribution in [0, 0.1) is 24.0 Å². The molecule has 1 aromatic heterocycles. The van der Waals surface area contributed by atoms with Gasteiger partial charge in [-0.25, -0.2) is 18.4 Å². The van der Waals surface area contributed by atoms with E-state index in [1.807, 2.05) is 4.90 Å². The summed E-state index contributed by atoms with van der Waals surface area (Å²) in [5, 5.41) is 15.2. The Labute approximate surface area is 138 Å². The van der Waals surface area contributed by atoms with E-state index >= 15 is 0 Å². The molecule has 1 heterocycles. The van der Waals surface area contributed by atoms with E-state index in [0.717, 1.165) is 25.0 Å². The monoisotopic (exact) mass is 332 g/mol. The average Bonchev–Trinajstić information content (AvgIpc) is 3.25. The predicted molar refractivity (Wildman–Crippen MR) is 83.7 cm³/mol. The minimum Gasteiger partial charge on any atom is -0.382 e. The number of rotatable bonds is 7. The van der Waals surface area contributed by atoms with Crippen LogP contribution < -0.4 is 0 Å². The highest BCUT2D eigenvalue weighted by Crippen LogP contribution is 2.33. The molecule has 5 nitrogen and oxygen atoms in total. The van der Waals surface area contributed by atoms with Gasteiger partial charge in [-0.2, -0.15) is 5.10 Å². The Balaban J connectivity index is 1.94. The molecular weight excluding hydrogens is 314 g/mol. The highest BCUT2D eigenvalue weighted by molar-refractivity contribution is 5.26. The van der Waals surface area contributed by atoms with E-state index < -0.39 is 17.2 Å². The second-order valence-corrected chi connectivity index (χ2v) is 6.09. The molecule has 1 fully saturated rings. The van der Waals surface area contributed by atoms with Gasteiger partial charge < -0.3 is 5.11 Å². The first kappa shape index (κ1) is 16.6. The van der Waals surface area contributed by atoms with Gasteiger partial charge in [-0.05, 0) is 18.9 Å². The van der Waals surface area contributed by atoms with E-state index in [0.29, 0.717) is 6.54 Å². The summed E-state index contributed by atoms with van der Waals surface area (Å²) in [6.07, 6.45) is 10.2. The summed E-state index contributed by atoms with van der Waals surface area (Å²) < 4.78 is 29.0. The van der Waals surface area contributed by atoms with E-state index in [4.69, 9.17) is 6.42 Å². The first-order valence-electron chi connectivity index (χ1n) is 7.70. The summed E-state index contributed by atoms with van der Waals surface area (Å²) in [6, 6.07) is 3.45. The van der Waals surface area contributed by atoms with Gasteiger partial charge in [0.05, 0.1) is 13.1 Å². The van der Waals surface area contributed by atoms with Crippen LogP contribution in [-0.2, 0) is 12.1 Å². The van der Waals surface area contributed by atoms with Gasteiger partial charge in [-0.3, -0.25) is 4.90 Å². The third kappa shape index (κ3) is 3.61. The molecule has 3 rings (SSSR count). The maximum absolute atomic E-state index is 14.3. The fourth-order valence-electron chi connectivity index (χ4n) is 2.88. The molecule has 7 heteroatoms. The molecule has 0 amide bonds. The van der Waals surface area contributed by atoms with Crippen molar-refractivity contribution in [2.45, 2.75) is 31.0 Å². The average molecular weight is 332 g/mol. The summed E-state index contributed by atoms with van der Waals surface area (Å²) in [6.45, 7) is 0.473. The summed E-state index contributed by atoms with van der Waals surface area (Å²) in [5.74, 6) is 1.08. The molecule has 1 unspecified atom stereocenters. The van der Waals surface area contributed by atoms with Crippen LogP contribution in [0.3, 0.4) is 0 Å². The lowest BCUT2D eigenvalue weighted by Gasteiger charge is -2.34. The van der Waals surface area contributed by atoms with Crippen molar-refractivity contribution in [1.82, 2.24) is 19.7 Å². The van der Waals surface area contributed by atoms with E-state index in [9.17, 15) is 13.9 Å². The molecule has 1 saturated carbocycles. The maximum atomic E-state index is 14.3. The highest BCUT2D eigenvalue weighted by atomic mass is 19.1. The zero-order chi connectivity index (χ0) is 17.2. The molecule has 0 spiro atoms. The number of aromatic nitrogens is 3. The number of halogens is 2. The summed E-state index contributed by atoms with van der Waals surface area (Å²) in [4.78, 5) is 5.78. The Morgan fingerprint density at radius 1 is 1.42 bits per heavy atom. The largest absolute Gasteiger partial charge is 0.382 e. The van der Waals surface area contributed by atoms with Gasteiger partial charge in [0.25, 0.3) is 0 Å². The molecule has 1 N–H and O–H groups in total. The molecule has 1 aliphatic rings. The molecule has 2 aromatic rings. The number of terminal acetylenes is 1. The van der Waals surface area contributed by atoms with E-state index in [2.05, 4.69) is 16.0 Å². The van der Waals surface area contributed by atoms with Crippen LogP contribution in [0.4, 0.5) is 8.78 Å². The number of nitrogens with zero attached hydrogens (tertiary/aromatic N) is 4. The third-order valence-corrected chi connectivity index (χ3v) is 4.14. The summed E-state index contributed by atoms with van der Waals surface area (Å²) in [5.41, 5.74) is -1.59. The Hall–Kier alpha value is -2.30. The van der Waals surface area contributed by atoms with Crippen LogP contribution in [-0.4, -0.2) is 43.9 Å². The summed E-state index contributed by atoms with van der Waals surface area (Å²) in [7, 11) is 0. The Morgan fingerprint density at radius 3 is 2.79 bits per heavy atom. The van der Waals surface area contributed by atoms with E-state index in [1.165, 1.54) is 23.4 Å². The third-order valence-electron chi connectivity index (χ3n) is 4.14. The molecule has 0 saturated heterocycles. The van der Waals surface area contributed by atoms with Crippen molar-refractivity contribution in [2.75, 3.05) is 13.1 Å². The number of benzene rings is 1. The number of aliphatic hydroxyl groups is 1. The van der Waals surface area contributed by atoms with Crippen LogP contribution in [0.15, 0.2) is 30.9 Å². The van der Waals surface area contributed by atoms with Crippen molar-refractivity contribution in [3.05, 3.63) is 48.1 Å². The highest BCUT2D eigenvalue weighted by Gasteiger charge is 2.39. The second-order valence-electron chi connectivity index (χ2n) is 6.09. The van der Waals surface area contributed by atoms with Gasteiger partial charge in [0, 0.05) is 24.2 Å². The van der Waals surface area contributed by atoms with Gasteiger partial charge >= 0.3 is 0 Å². The van der Waals surface area contributed by atoms with Gasteiger partial charge in [0.1, 0.15) is 29.9 Å². The molecule has 24 heavy (non-hydrogen) atoms. The van der Waals surface area contributed by atoms with Crippen molar-refractivity contribution >= 4 is 0 Å². The predicted octanol–water partition coefficient (Wildman–Crippen LogP) is 1.54. The lowest BCUT2D eigenvalue weighted by Crippen LogP contribution is -2.45. The first-order chi connectivity index (χ1) is 11.5. The van der Waals surface area contributed by atoms with Gasteiger partial charge in [0.15, 0.2) is 0 Å². The maximum Gasteiger partial charge on any atom is 0.137 e. The number of hydrogen-bond acceptors (Lipinski definition) is 4. The Morgan fingerprint density at radius 2 is 2.21 bits per heavy atom. The zero-order valence-electron chi connectivity index (χ0n) is 13.1. The van der Waals surface area contributed by atoms with E-state index in [1.54, 1.807) is 0 Å². The molecule has 126 valence electrons.